The molecular weight excluding hydrogens is 426 g/mol. The van der Waals surface area contributed by atoms with Gasteiger partial charge in [-0.25, -0.2) is 0 Å². The molecule has 1 saturated heterocycles. The lowest BCUT2D eigenvalue weighted by Gasteiger charge is -2.25. The summed E-state index contributed by atoms with van der Waals surface area (Å²) < 4.78 is 11.2. The Morgan fingerprint density at radius 3 is 2.73 bits per heavy atom. The van der Waals surface area contributed by atoms with Gasteiger partial charge in [0.05, 0.1) is 23.8 Å². The zero-order chi connectivity index (χ0) is 21.8. The van der Waals surface area contributed by atoms with Gasteiger partial charge < -0.3 is 9.47 Å². The molecule has 0 aliphatic carbocycles. The maximum atomic E-state index is 12.4. The number of amides is 2. The summed E-state index contributed by atoms with van der Waals surface area (Å²) in [6.07, 6.45) is 1.40. The number of methoxy groups -OCH3 is 1. The molecule has 0 atom stereocenters. The van der Waals surface area contributed by atoms with Crippen LogP contribution < -0.4 is 14.8 Å². The first-order valence-corrected chi connectivity index (χ1v) is 9.47. The molecule has 9 heteroatoms. The predicted octanol–water partition coefficient (Wildman–Crippen LogP) is 3.06. The van der Waals surface area contributed by atoms with Gasteiger partial charge in [-0.1, -0.05) is 29.8 Å². The first-order chi connectivity index (χ1) is 14.3. The van der Waals surface area contributed by atoms with Gasteiger partial charge in [0.2, 0.25) is 0 Å². The topological polar surface area (TPSA) is 91.7 Å². The van der Waals surface area contributed by atoms with Crippen LogP contribution in [-0.2, 0) is 16.2 Å². The van der Waals surface area contributed by atoms with Crippen molar-refractivity contribution in [2.24, 2.45) is 0 Å². The zero-order valence-corrected chi connectivity index (χ0v) is 17.6. The van der Waals surface area contributed by atoms with E-state index in [9.17, 15) is 14.9 Å². The van der Waals surface area contributed by atoms with Crippen LogP contribution in [0.15, 0.2) is 42.0 Å². The number of nitriles is 1. The molecule has 0 unspecified atom stereocenters. The smallest absolute Gasteiger partial charge is 0.265 e. The first-order valence-electron chi connectivity index (χ1n) is 8.69. The summed E-state index contributed by atoms with van der Waals surface area (Å²) >= 11 is 11.3. The summed E-state index contributed by atoms with van der Waals surface area (Å²) in [7, 11) is 2.92. The highest BCUT2D eigenvalue weighted by Gasteiger charge is 2.30. The SMILES string of the molecule is COc1cc(/C=C2\C(=O)NC(=S)N(C)C2=O)cc(Cl)c1OCc1ccccc1C#N. The van der Waals surface area contributed by atoms with Crippen LogP contribution in [-0.4, -0.2) is 36.0 Å². The van der Waals surface area contributed by atoms with Crippen molar-refractivity contribution >= 4 is 46.8 Å². The number of hydrogen-bond acceptors (Lipinski definition) is 6. The summed E-state index contributed by atoms with van der Waals surface area (Å²) in [6.45, 7) is 0.114. The Morgan fingerprint density at radius 1 is 1.30 bits per heavy atom. The minimum atomic E-state index is -0.591. The fraction of sp³-hybridized carbons (Fsp3) is 0.143. The second-order valence-electron chi connectivity index (χ2n) is 6.27. The van der Waals surface area contributed by atoms with E-state index in [4.69, 9.17) is 33.3 Å². The zero-order valence-electron chi connectivity index (χ0n) is 16.1. The molecular formula is C21H16ClN3O4S. The van der Waals surface area contributed by atoms with Gasteiger partial charge >= 0.3 is 0 Å². The molecule has 30 heavy (non-hydrogen) atoms. The monoisotopic (exact) mass is 441 g/mol. The Kier molecular flexibility index (Phi) is 6.35. The van der Waals surface area contributed by atoms with Crippen molar-refractivity contribution in [3.05, 3.63) is 63.7 Å². The molecule has 3 rings (SSSR count). The van der Waals surface area contributed by atoms with E-state index in [0.29, 0.717) is 22.4 Å². The van der Waals surface area contributed by atoms with Crippen molar-refractivity contribution in [3.63, 3.8) is 0 Å². The molecule has 2 aromatic rings. The largest absolute Gasteiger partial charge is 0.493 e. The summed E-state index contributed by atoms with van der Waals surface area (Å²) in [5, 5.41) is 11.9. The Hall–Kier alpha value is -3.41. The number of carbonyl (C=O) groups excluding carboxylic acids is 2. The van der Waals surface area contributed by atoms with Gasteiger partial charge in [-0.3, -0.25) is 19.8 Å². The van der Waals surface area contributed by atoms with Crippen molar-refractivity contribution < 1.29 is 19.1 Å². The Bertz CT molecular complexity index is 1120. The third-order valence-electron chi connectivity index (χ3n) is 4.38. The van der Waals surface area contributed by atoms with Gasteiger partial charge in [-0.2, -0.15) is 5.26 Å². The molecule has 2 amide bonds. The molecule has 1 fully saturated rings. The lowest BCUT2D eigenvalue weighted by atomic mass is 10.1. The molecule has 0 radical (unpaired) electrons. The quantitative estimate of drug-likeness (QED) is 0.435. The summed E-state index contributed by atoms with van der Waals surface area (Å²) in [5.74, 6) is -0.512. The van der Waals surface area contributed by atoms with Gasteiger partial charge in [0, 0.05) is 12.6 Å². The highest BCUT2D eigenvalue weighted by atomic mass is 35.5. The molecule has 1 aliphatic heterocycles. The normalized spacial score (nSPS) is 15.1. The molecule has 1 aliphatic rings. The maximum Gasteiger partial charge on any atom is 0.265 e. The van der Waals surface area contributed by atoms with E-state index < -0.39 is 11.8 Å². The van der Waals surface area contributed by atoms with E-state index in [0.717, 1.165) is 0 Å². The lowest BCUT2D eigenvalue weighted by molar-refractivity contribution is -0.128. The van der Waals surface area contributed by atoms with Crippen LogP contribution in [0, 0.1) is 11.3 Å². The fourth-order valence-corrected chi connectivity index (χ4v) is 3.23. The molecule has 0 spiro atoms. The highest BCUT2D eigenvalue weighted by molar-refractivity contribution is 7.80. The number of rotatable bonds is 5. The van der Waals surface area contributed by atoms with E-state index in [1.54, 1.807) is 30.3 Å². The predicted molar refractivity (Wildman–Crippen MR) is 115 cm³/mol. The molecule has 0 bridgehead atoms. The number of nitrogens with one attached hydrogen (secondary N) is 1. The van der Waals surface area contributed by atoms with Crippen LogP contribution >= 0.6 is 23.8 Å². The number of thiocarbonyl (C=S) groups is 1. The fourth-order valence-electron chi connectivity index (χ4n) is 2.78. The maximum absolute atomic E-state index is 12.4. The van der Waals surface area contributed by atoms with E-state index in [-0.39, 0.29) is 28.1 Å². The van der Waals surface area contributed by atoms with E-state index in [2.05, 4.69) is 11.4 Å². The van der Waals surface area contributed by atoms with Crippen LogP contribution in [0.25, 0.3) is 6.08 Å². The second-order valence-corrected chi connectivity index (χ2v) is 7.07. The van der Waals surface area contributed by atoms with Gasteiger partial charge in [0.1, 0.15) is 12.2 Å². The Morgan fingerprint density at radius 2 is 2.03 bits per heavy atom. The molecule has 7 nitrogen and oxygen atoms in total. The van der Waals surface area contributed by atoms with E-state index in [1.165, 1.54) is 25.1 Å². The summed E-state index contributed by atoms with van der Waals surface area (Å²) in [5.41, 5.74) is 1.59. The number of halogens is 1. The van der Waals surface area contributed by atoms with Crippen molar-refractivity contribution in [1.82, 2.24) is 10.2 Å². The molecule has 2 aromatic carbocycles. The van der Waals surface area contributed by atoms with Crippen molar-refractivity contribution in [3.8, 4) is 17.6 Å². The highest BCUT2D eigenvalue weighted by Crippen LogP contribution is 2.37. The first kappa shape index (κ1) is 21.3. The third kappa shape index (κ3) is 4.27. The van der Waals surface area contributed by atoms with Crippen LogP contribution in [0.2, 0.25) is 5.02 Å². The third-order valence-corrected chi connectivity index (χ3v) is 5.03. The summed E-state index contributed by atoms with van der Waals surface area (Å²) in [4.78, 5) is 25.7. The number of likely N-dealkylation sites (N-methyl/N-ethyl adjacent to an activating group) is 1. The van der Waals surface area contributed by atoms with Crippen LogP contribution in [0.1, 0.15) is 16.7 Å². The average molecular weight is 442 g/mol. The van der Waals surface area contributed by atoms with Crippen molar-refractivity contribution in [2.75, 3.05) is 14.2 Å². The Balaban J connectivity index is 1.91. The number of carbonyl (C=O) groups is 2. The second kappa shape index (κ2) is 8.95. The Labute approximate surface area is 183 Å². The number of nitrogens with zero attached hydrogens (tertiary/aromatic N) is 2. The number of benzene rings is 2. The molecule has 1 N–H and O–H groups in total. The number of hydrogen-bond donors (Lipinski definition) is 1. The average Bonchev–Trinajstić information content (AvgIpc) is 2.74. The molecule has 152 valence electrons. The van der Waals surface area contributed by atoms with Crippen LogP contribution in [0.4, 0.5) is 0 Å². The molecule has 0 saturated carbocycles. The molecule has 0 aromatic heterocycles. The lowest BCUT2D eigenvalue weighted by Crippen LogP contribution is -2.52. The van der Waals surface area contributed by atoms with Crippen LogP contribution in [0.5, 0.6) is 11.5 Å². The number of ether oxygens (including phenoxy) is 2. The summed E-state index contributed by atoms with van der Waals surface area (Å²) in [6, 6.07) is 12.3. The molecule has 1 heterocycles. The van der Waals surface area contributed by atoms with Crippen LogP contribution in [0.3, 0.4) is 0 Å². The van der Waals surface area contributed by atoms with Crippen molar-refractivity contribution in [1.29, 1.82) is 5.26 Å². The van der Waals surface area contributed by atoms with Gasteiger partial charge in [0.15, 0.2) is 16.6 Å². The van der Waals surface area contributed by atoms with Gasteiger partial charge in [0.25, 0.3) is 11.8 Å². The van der Waals surface area contributed by atoms with Gasteiger partial charge in [-0.05, 0) is 42.1 Å². The van der Waals surface area contributed by atoms with E-state index >= 15 is 0 Å². The standard InChI is InChI=1S/C21H16ClN3O4S/c1-25-20(27)15(19(26)24-21(25)30)7-12-8-16(22)18(17(9-12)28-2)29-11-14-6-4-3-5-13(14)10-23/h3-9H,11H2,1-2H3,(H,24,26,30)/b15-7+. The van der Waals surface area contributed by atoms with E-state index in [1.807, 2.05) is 6.07 Å². The van der Waals surface area contributed by atoms with Crippen molar-refractivity contribution in [2.45, 2.75) is 6.61 Å². The van der Waals surface area contributed by atoms with Gasteiger partial charge in [-0.15, -0.1) is 0 Å². The minimum absolute atomic E-state index is 0.0409. The minimum Gasteiger partial charge on any atom is -0.493 e.